The summed E-state index contributed by atoms with van der Waals surface area (Å²) in [5, 5.41) is 0.715. The summed E-state index contributed by atoms with van der Waals surface area (Å²) in [6.45, 7) is 2.51. The van der Waals surface area contributed by atoms with Gasteiger partial charge in [0.25, 0.3) is 0 Å². The Morgan fingerprint density at radius 2 is 2.13 bits per heavy atom. The van der Waals surface area contributed by atoms with E-state index in [1.165, 1.54) is 0 Å². The van der Waals surface area contributed by atoms with Gasteiger partial charge in [0.05, 0.1) is 18.7 Å². The van der Waals surface area contributed by atoms with Crippen molar-refractivity contribution in [2.24, 2.45) is 0 Å². The summed E-state index contributed by atoms with van der Waals surface area (Å²) in [7, 11) is 1.96. The Balaban J connectivity index is 1.33. The van der Waals surface area contributed by atoms with Gasteiger partial charge in [-0.3, -0.25) is 14.7 Å². The number of hydrogen-bond acceptors (Lipinski definition) is 5. The smallest absolute Gasteiger partial charge is 0.236 e. The third-order valence-electron chi connectivity index (χ3n) is 5.54. The number of amides is 1. The monoisotopic (exact) mass is 438 g/mol. The molecule has 2 aromatic heterocycles. The normalized spacial score (nSPS) is 16.6. The molecule has 3 heterocycles. The Labute approximate surface area is 187 Å². The molecule has 1 saturated heterocycles. The number of likely N-dealkylation sites (N-methyl/N-ethyl adjacent to an activating group) is 1. The number of pyridine rings is 1. The lowest BCUT2D eigenvalue weighted by atomic mass is 9.98. The van der Waals surface area contributed by atoms with E-state index in [0.717, 1.165) is 42.2 Å². The van der Waals surface area contributed by atoms with Crippen molar-refractivity contribution in [1.82, 2.24) is 19.8 Å². The van der Waals surface area contributed by atoms with Crippen molar-refractivity contribution in [2.75, 3.05) is 26.7 Å². The fourth-order valence-electron chi connectivity index (χ4n) is 4.04. The van der Waals surface area contributed by atoms with E-state index in [1.54, 1.807) is 12.4 Å². The van der Waals surface area contributed by atoms with Crippen LogP contribution in [0.25, 0.3) is 0 Å². The molecule has 0 spiro atoms. The first kappa shape index (κ1) is 21.5. The Hall–Kier alpha value is -2.70. The standard InChI is InChI=1S/C24H27ClN4O2/c1-28(15-19-6-3-9-26-13-19)17-23(30)29-10-4-7-20(16-29)24-27-14-22(31-24)12-18-5-2-8-21(25)11-18/h2-3,5-6,8-9,11,13-14,20H,4,7,10,12,15-17H2,1H3/t20-/m1/s1. The van der Waals surface area contributed by atoms with E-state index in [-0.39, 0.29) is 11.8 Å². The van der Waals surface area contributed by atoms with Crippen LogP contribution in [-0.4, -0.2) is 52.4 Å². The van der Waals surface area contributed by atoms with E-state index < -0.39 is 0 Å². The molecule has 1 amide bonds. The van der Waals surface area contributed by atoms with Gasteiger partial charge in [-0.1, -0.05) is 29.8 Å². The van der Waals surface area contributed by atoms with E-state index in [0.29, 0.717) is 31.1 Å². The van der Waals surface area contributed by atoms with Crippen LogP contribution >= 0.6 is 11.6 Å². The summed E-state index contributed by atoms with van der Waals surface area (Å²) in [6, 6.07) is 11.7. The highest BCUT2D eigenvalue weighted by atomic mass is 35.5. The minimum absolute atomic E-state index is 0.134. The topological polar surface area (TPSA) is 62.5 Å². The number of carbonyl (C=O) groups is 1. The molecule has 0 aliphatic carbocycles. The molecule has 31 heavy (non-hydrogen) atoms. The summed E-state index contributed by atoms with van der Waals surface area (Å²) in [6.07, 6.45) is 7.97. The highest BCUT2D eigenvalue weighted by molar-refractivity contribution is 6.30. The zero-order chi connectivity index (χ0) is 21.6. The Morgan fingerprint density at radius 3 is 2.94 bits per heavy atom. The number of likely N-dealkylation sites (tertiary alicyclic amines) is 1. The van der Waals surface area contributed by atoms with E-state index in [9.17, 15) is 4.79 Å². The molecule has 7 heteroatoms. The molecule has 1 aliphatic heterocycles. The highest BCUT2D eigenvalue weighted by Gasteiger charge is 2.28. The Kier molecular flexibility index (Phi) is 6.99. The van der Waals surface area contributed by atoms with Gasteiger partial charge < -0.3 is 9.32 Å². The molecule has 0 N–H and O–H groups in total. The second kappa shape index (κ2) is 10.1. The Morgan fingerprint density at radius 1 is 1.26 bits per heavy atom. The first-order chi connectivity index (χ1) is 15.1. The first-order valence-corrected chi connectivity index (χ1v) is 11.0. The second-order valence-electron chi connectivity index (χ2n) is 8.18. The van der Waals surface area contributed by atoms with Gasteiger partial charge in [-0.15, -0.1) is 0 Å². The van der Waals surface area contributed by atoms with Gasteiger partial charge in [-0.2, -0.15) is 0 Å². The third kappa shape index (κ3) is 5.93. The average molecular weight is 439 g/mol. The highest BCUT2D eigenvalue weighted by Crippen LogP contribution is 2.27. The molecule has 0 bridgehead atoms. The van der Waals surface area contributed by atoms with Crippen LogP contribution in [0.5, 0.6) is 0 Å². The fourth-order valence-corrected chi connectivity index (χ4v) is 4.25. The predicted molar refractivity (Wildman–Crippen MR) is 120 cm³/mol. The lowest BCUT2D eigenvalue weighted by molar-refractivity contribution is -0.133. The maximum atomic E-state index is 12.9. The number of hydrogen-bond donors (Lipinski definition) is 0. The lowest BCUT2D eigenvalue weighted by Crippen LogP contribution is -2.43. The molecular weight excluding hydrogens is 412 g/mol. The largest absolute Gasteiger partial charge is 0.445 e. The summed E-state index contributed by atoms with van der Waals surface area (Å²) in [4.78, 5) is 25.5. The van der Waals surface area contributed by atoms with Crippen molar-refractivity contribution in [3.63, 3.8) is 0 Å². The maximum Gasteiger partial charge on any atom is 0.236 e. The molecule has 0 unspecified atom stereocenters. The average Bonchev–Trinajstić information content (AvgIpc) is 3.23. The van der Waals surface area contributed by atoms with Crippen LogP contribution in [0.15, 0.2) is 59.4 Å². The molecule has 4 rings (SSSR count). The molecule has 1 atom stereocenters. The third-order valence-corrected chi connectivity index (χ3v) is 5.78. The van der Waals surface area contributed by atoms with Gasteiger partial charge in [0.15, 0.2) is 5.89 Å². The SMILES string of the molecule is CN(CC(=O)N1CCC[C@@H](c2ncc(Cc3cccc(Cl)c3)o2)C1)Cc1cccnc1. The summed E-state index contributed by atoms with van der Waals surface area (Å²) < 4.78 is 6.05. The number of oxazole rings is 1. The van der Waals surface area contributed by atoms with Crippen molar-refractivity contribution < 1.29 is 9.21 Å². The molecule has 0 saturated carbocycles. The van der Waals surface area contributed by atoms with Gasteiger partial charge in [0.2, 0.25) is 5.91 Å². The van der Waals surface area contributed by atoms with E-state index >= 15 is 0 Å². The van der Waals surface area contributed by atoms with Gasteiger partial charge in [-0.05, 0) is 49.2 Å². The van der Waals surface area contributed by atoms with Crippen LogP contribution < -0.4 is 0 Å². The molecule has 1 fully saturated rings. The van der Waals surface area contributed by atoms with Crippen LogP contribution in [0.3, 0.4) is 0 Å². The minimum atomic E-state index is 0.134. The van der Waals surface area contributed by atoms with Crippen LogP contribution in [-0.2, 0) is 17.8 Å². The quantitative estimate of drug-likeness (QED) is 0.554. The molecule has 1 aliphatic rings. The minimum Gasteiger partial charge on any atom is -0.445 e. The van der Waals surface area contributed by atoms with Gasteiger partial charge >= 0.3 is 0 Å². The van der Waals surface area contributed by atoms with Gasteiger partial charge in [-0.25, -0.2) is 4.98 Å². The molecular formula is C24H27ClN4O2. The van der Waals surface area contributed by atoms with Crippen molar-refractivity contribution in [2.45, 2.75) is 31.7 Å². The van der Waals surface area contributed by atoms with Crippen LogP contribution in [0.4, 0.5) is 0 Å². The maximum absolute atomic E-state index is 12.9. The zero-order valence-electron chi connectivity index (χ0n) is 17.7. The van der Waals surface area contributed by atoms with Crippen LogP contribution in [0.1, 0.15) is 41.5 Å². The predicted octanol–water partition coefficient (Wildman–Crippen LogP) is 4.15. The second-order valence-corrected chi connectivity index (χ2v) is 8.62. The van der Waals surface area contributed by atoms with Crippen molar-refractivity contribution >= 4 is 17.5 Å². The van der Waals surface area contributed by atoms with E-state index in [4.69, 9.17) is 16.0 Å². The lowest BCUT2D eigenvalue weighted by Gasteiger charge is -2.32. The number of nitrogens with zero attached hydrogens (tertiary/aromatic N) is 4. The van der Waals surface area contributed by atoms with Crippen molar-refractivity contribution in [3.8, 4) is 0 Å². The number of carbonyl (C=O) groups excluding carboxylic acids is 1. The number of rotatable bonds is 7. The molecule has 3 aromatic rings. The van der Waals surface area contributed by atoms with Gasteiger partial charge in [0, 0.05) is 43.5 Å². The first-order valence-electron chi connectivity index (χ1n) is 10.6. The zero-order valence-corrected chi connectivity index (χ0v) is 18.5. The fraction of sp³-hybridized carbons (Fsp3) is 0.375. The van der Waals surface area contributed by atoms with Crippen LogP contribution in [0, 0.1) is 0 Å². The van der Waals surface area contributed by atoms with E-state index in [2.05, 4.69) is 9.97 Å². The summed E-state index contributed by atoms with van der Waals surface area (Å²) in [5.74, 6) is 1.81. The summed E-state index contributed by atoms with van der Waals surface area (Å²) >= 11 is 6.07. The number of piperidine rings is 1. The number of benzene rings is 1. The van der Waals surface area contributed by atoms with E-state index in [1.807, 2.05) is 59.4 Å². The summed E-state index contributed by atoms with van der Waals surface area (Å²) in [5.41, 5.74) is 2.19. The molecule has 162 valence electrons. The number of halogens is 1. The molecule has 0 radical (unpaired) electrons. The Bertz CT molecular complexity index is 1010. The molecule has 6 nitrogen and oxygen atoms in total. The van der Waals surface area contributed by atoms with Crippen molar-refractivity contribution in [1.29, 1.82) is 0 Å². The number of aromatic nitrogens is 2. The van der Waals surface area contributed by atoms with Crippen molar-refractivity contribution in [3.05, 3.63) is 82.8 Å². The van der Waals surface area contributed by atoms with Crippen LogP contribution in [0.2, 0.25) is 5.02 Å². The van der Waals surface area contributed by atoms with Gasteiger partial charge in [0.1, 0.15) is 5.76 Å². The molecule has 1 aromatic carbocycles.